The van der Waals surface area contributed by atoms with E-state index >= 15 is 0 Å². The molecule has 114 valence electrons. The van der Waals surface area contributed by atoms with Crippen LogP contribution >= 0.6 is 0 Å². The summed E-state index contributed by atoms with van der Waals surface area (Å²) in [5.41, 5.74) is 0.639. The molecule has 3 nitrogen and oxygen atoms in total. The van der Waals surface area contributed by atoms with Crippen molar-refractivity contribution in [3.05, 3.63) is 60.2 Å². The van der Waals surface area contributed by atoms with Crippen LogP contribution in [-0.4, -0.2) is 23.9 Å². The second-order valence-electron chi connectivity index (χ2n) is 5.91. The molecule has 1 aliphatic rings. The van der Waals surface area contributed by atoms with Gasteiger partial charge in [-0.25, -0.2) is 0 Å². The lowest BCUT2D eigenvalue weighted by atomic mass is 9.99. The van der Waals surface area contributed by atoms with E-state index in [1.54, 1.807) is 0 Å². The third-order valence-corrected chi connectivity index (χ3v) is 4.03. The number of nitrogens with zero attached hydrogens (tertiary/aromatic N) is 1. The molecular weight excluding hydrogens is 274 g/mol. The Kier molecular flexibility index (Phi) is 4.42. The maximum Gasteiger partial charge on any atom is 0.257 e. The molecule has 0 spiro atoms. The number of amides is 1. The van der Waals surface area contributed by atoms with Gasteiger partial charge in [0.05, 0.1) is 5.56 Å². The summed E-state index contributed by atoms with van der Waals surface area (Å²) in [4.78, 5) is 14.7. The molecular formula is C19H21NO2. The predicted octanol–water partition coefficient (Wildman–Crippen LogP) is 4.35. The number of rotatable bonds is 3. The Hall–Kier alpha value is -2.29. The van der Waals surface area contributed by atoms with Gasteiger partial charge in [-0.3, -0.25) is 4.79 Å². The van der Waals surface area contributed by atoms with Gasteiger partial charge in [0, 0.05) is 13.1 Å². The Morgan fingerprint density at radius 3 is 2.59 bits per heavy atom. The first-order valence-electron chi connectivity index (χ1n) is 7.85. The summed E-state index contributed by atoms with van der Waals surface area (Å²) in [6.45, 7) is 3.87. The van der Waals surface area contributed by atoms with Gasteiger partial charge in [-0.2, -0.15) is 0 Å². The van der Waals surface area contributed by atoms with E-state index in [1.807, 2.05) is 59.5 Å². The van der Waals surface area contributed by atoms with E-state index in [9.17, 15) is 4.79 Å². The molecule has 1 unspecified atom stereocenters. The van der Waals surface area contributed by atoms with E-state index < -0.39 is 0 Å². The fraction of sp³-hybridized carbons (Fsp3) is 0.316. The third kappa shape index (κ3) is 3.30. The average Bonchev–Trinajstić information content (AvgIpc) is 2.56. The Bertz CT molecular complexity index is 639. The summed E-state index contributed by atoms with van der Waals surface area (Å²) in [5.74, 6) is 2.00. The van der Waals surface area contributed by atoms with E-state index in [2.05, 4.69) is 6.92 Å². The van der Waals surface area contributed by atoms with E-state index in [-0.39, 0.29) is 5.91 Å². The minimum atomic E-state index is 0.0677. The fourth-order valence-corrected chi connectivity index (χ4v) is 2.89. The van der Waals surface area contributed by atoms with Gasteiger partial charge in [0.2, 0.25) is 0 Å². The van der Waals surface area contributed by atoms with Crippen molar-refractivity contribution in [3.8, 4) is 11.5 Å². The predicted molar refractivity (Wildman–Crippen MR) is 87.3 cm³/mol. The molecule has 1 fully saturated rings. The maximum atomic E-state index is 12.8. The highest BCUT2D eigenvalue weighted by atomic mass is 16.5. The summed E-state index contributed by atoms with van der Waals surface area (Å²) in [7, 11) is 0. The summed E-state index contributed by atoms with van der Waals surface area (Å²) in [6.07, 6.45) is 2.28. The van der Waals surface area contributed by atoms with E-state index in [0.717, 1.165) is 25.3 Å². The first-order valence-corrected chi connectivity index (χ1v) is 7.85. The lowest BCUT2D eigenvalue weighted by Crippen LogP contribution is -2.39. The molecule has 1 heterocycles. The zero-order valence-corrected chi connectivity index (χ0v) is 12.9. The summed E-state index contributed by atoms with van der Waals surface area (Å²) in [6, 6.07) is 17.1. The first kappa shape index (κ1) is 14.6. The zero-order valence-electron chi connectivity index (χ0n) is 12.9. The highest BCUT2D eigenvalue weighted by Crippen LogP contribution is 2.27. The van der Waals surface area contributed by atoms with Crippen LogP contribution in [0.3, 0.4) is 0 Å². The quantitative estimate of drug-likeness (QED) is 0.842. The van der Waals surface area contributed by atoms with Crippen molar-refractivity contribution in [2.24, 2.45) is 5.92 Å². The molecule has 0 N–H and O–H groups in total. The van der Waals surface area contributed by atoms with E-state index in [4.69, 9.17) is 4.74 Å². The molecule has 22 heavy (non-hydrogen) atoms. The number of hydrogen-bond acceptors (Lipinski definition) is 2. The Morgan fingerprint density at radius 1 is 1.09 bits per heavy atom. The fourth-order valence-electron chi connectivity index (χ4n) is 2.89. The molecule has 0 saturated carbocycles. The van der Waals surface area contributed by atoms with Crippen LogP contribution in [0.5, 0.6) is 11.5 Å². The van der Waals surface area contributed by atoms with Crippen molar-refractivity contribution in [1.82, 2.24) is 4.90 Å². The van der Waals surface area contributed by atoms with Gasteiger partial charge in [-0.15, -0.1) is 0 Å². The standard InChI is InChI=1S/C19H21NO2/c1-15-8-7-13-20(14-15)19(21)17-11-5-6-12-18(17)22-16-9-3-2-4-10-16/h2-6,9-12,15H,7-8,13-14H2,1H3. The van der Waals surface area contributed by atoms with Crippen molar-refractivity contribution >= 4 is 5.91 Å². The number of ether oxygens (including phenoxy) is 1. The molecule has 2 aromatic rings. The Balaban J connectivity index is 1.83. The van der Waals surface area contributed by atoms with Gasteiger partial charge in [-0.05, 0) is 43.0 Å². The molecule has 1 amide bonds. The van der Waals surface area contributed by atoms with Crippen LogP contribution in [0.4, 0.5) is 0 Å². The largest absolute Gasteiger partial charge is 0.457 e. The minimum absolute atomic E-state index is 0.0677. The SMILES string of the molecule is CC1CCCN(C(=O)c2ccccc2Oc2ccccc2)C1. The second kappa shape index (κ2) is 6.65. The molecule has 1 atom stereocenters. The smallest absolute Gasteiger partial charge is 0.257 e. The Labute approximate surface area is 131 Å². The molecule has 0 radical (unpaired) electrons. The van der Waals surface area contributed by atoms with Crippen molar-refractivity contribution < 1.29 is 9.53 Å². The highest BCUT2D eigenvalue weighted by molar-refractivity contribution is 5.97. The van der Waals surface area contributed by atoms with Gasteiger partial charge in [0.1, 0.15) is 11.5 Å². The van der Waals surface area contributed by atoms with E-state index in [1.165, 1.54) is 6.42 Å². The molecule has 0 aliphatic carbocycles. The first-order chi connectivity index (χ1) is 10.7. The molecule has 2 aromatic carbocycles. The second-order valence-corrected chi connectivity index (χ2v) is 5.91. The molecule has 3 rings (SSSR count). The van der Waals surface area contributed by atoms with Gasteiger partial charge in [0.15, 0.2) is 0 Å². The number of hydrogen-bond donors (Lipinski definition) is 0. The molecule has 0 bridgehead atoms. The number of carbonyl (C=O) groups excluding carboxylic acids is 1. The average molecular weight is 295 g/mol. The zero-order chi connectivity index (χ0) is 15.4. The molecule has 3 heteroatoms. The van der Waals surface area contributed by atoms with Crippen LogP contribution in [0, 0.1) is 5.92 Å². The number of piperidine rings is 1. The molecule has 1 saturated heterocycles. The van der Waals surface area contributed by atoms with Gasteiger partial charge >= 0.3 is 0 Å². The van der Waals surface area contributed by atoms with E-state index in [0.29, 0.717) is 17.2 Å². The van der Waals surface area contributed by atoms with Crippen LogP contribution in [0.2, 0.25) is 0 Å². The van der Waals surface area contributed by atoms with Crippen molar-refractivity contribution in [2.45, 2.75) is 19.8 Å². The summed E-state index contributed by atoms with van der Waals surface area (Å²) in [5, 5.41) is 0. The highest BCUT2D eigenvalue weighted by Gasteiger charge is 2.24. The summed E-state index contributed by atoms with van der Waals surface area (Å²) < 4.78 is 5.90. The van der Waals surface area contributed by atoms with Crippen LogP contribution < -0.4 is 4.74 Å². The van der Waals surface area contributed by atoms with Gasteiger partial charge in [0.25, 0.3) is 5.91 Å². The van der Waals surface area contributed by atoms with Crippen LogP contribution in [0.25, 0.3) is 0 Å². The summed E-state index contributed by atoms with van der Waals surface area (Å²) >= 11 is 0. The lowest BCUT2D eigenvalue weighted by molar-refractivity contribution is 0.0680. The topological polar surface area (TPSA) is 29.5 Å². The normalized spacial score (nSPS) is 18.0. The van der Waals surface area contributed by atoms with Crippen LogP contribution in [-0.2, 0) is 0 Å². The van der Waals surface area contributed by atoms with Crippen LogP contribution in [0.1, 0.15) is 30.1 Å². The number of likely N-dealkylation sites (tertiary alicyclic amines) is 1. The molecule has 0 aromatic heterocycles. The number of carbonyl (C=O) groups is 1. The van der Waals surface area contributed by atoms with Crippen molar-refractivity contribution in [2.75, 3.05) is 13.1 Å². The number of benzene rings is 2. The van der Waals surface area contributed by atoms with Crippen molar-refractivity contribution in [3.63, 3.8) is 0 Å². The number of para-hydroxylation sites is 2. The third-order valence-electron chi connectivity index (χ3n) is 4.03. The lowest BCUT2D eigenvalue weighted by Gasteiger charge is -2.31. The Morgan fingerprint density at radius 2 is 1.82 bits per heavy atom. The minimum Gasteiger partial charge on any atom is -0.457 e. The van der Waals surface area contributed by atoms with Crippen molar-refractivity contribution in [1.29, 1.82) is 0 Å². The monoisotopic (exact) mass is 295 g/mol. The maximum absolute atomic E-state index is 12.8. The van der Waals surface area contributed by atoms with Crippen LogP contribution in [0.15, 0.2) is 54.6 Å². The molecule has 1 aliphatic heterocycles. The van der Waals surface area contributed by atoms with Gasteiger partial charge in [-0.1, -0.05) is 37.3 Å². The van der Waals surface area contributed by atoms with Gasteiger partial charge < -0.3 is 9.64 Å².